The molecule has 3 N–H and O–H groups in total. The first-order valence-electron chi connectivity index (χ1n) is 27.1. The number of rotatable bonds is 16. The molecule has 81 heavy (non-hydrogen) atoms. The van der Waals surface area contributed by atoms with Gasteiger partial charge in [0.25, 0.3) is 0 Å². The summed E-state index contributed by atoms with van der Waals surface area (Å²) >= 11 is 0. The summed E-state index contributed by atoms with van der Waals surface area (Å²) < 4.78 is 8.46. The van der Waals surface area contributed by atoms with Gasteiger partial charge >= 0.3 is 0 Å². The first kappa shape index (κ1) is 54.7. The minimum Gasteiger partial charge on any atom is -0.396 e. The monoisotopic (exact) mass is 1070 g/mol. The second-order valence-corrected chi connectivity index (χ2v) is 19.5. The molecular weight excluding hydrogens is 1000 g/mol. The van der Waals surface area contributed by atoms with Crippen LogP contribution in [0, 0.1) is 0 Å². The van der Waals surface area contributed by atoms with Gasteiger partial charge < -0.3 is 20.5 Å². The van der Waals surface area contributed by atoms with Crippen LogP contribution in [0.15, 0.2) is 255 Å². The number of fused-ring (bicyclic) bond motifs is 2. The minimum atomic E-state index is -0.839. The van der Waals surface area contributed by atoms with E-state index in [0.29, 0.717) is 23.4 Å². The van der Waals surface area contributed by atoms with E-state index in [-0.39, 0.29) is 20.0 Å². The van der Waals surface area contributed by atoms with Crippen molar-refractivity contribution in [1.29, 1.82) is 0 Å². The van der Waals surface area contributed by atoms with Crippen LogP contribution in [0.2, 0.25) is 0 Å². The molecule has 0 radical (unpaired) electrons. The van der Waals surface area contributed by atoms with E-state index in [1.165, 1.54) is 5.56 Å². The average Bonchev–Trinajstić information content (AvgIpc) is 3.96. The lowest BCUT2D eigenvalue weighted by atomic mass is 9.77. The molecule has 0 bridgehead atoms. The fourth-order valence-corrected chi connectivity index (χ4v) is 10.9. The van der Waals surface area contributed by atoms with E-state index < -0.39 is 11.1 Å². The molecule has 1 fully saturated rings. The predicted molar refractivity (Wildman–Crippen MR) is 326 cm³/mol. The number of pyridine rings is 2. The number of epoxide rings is 1. The molecule has 404 valence electrons. The smallest absolute Gasteiger partial charge is 0.182 e. The number of ether oxygens (including phenoxy) is 1. The molecule has 0 saturated carbocycles. The van der Waals surface area contributed by atoms with Crippen molar-refractivity contribution < 1.29 is 9.84 Å². The van der Waals surface area contributed by atoms with Gasteiger partial charge in [-0.2, -0.15) is 0 Å². The van der Waals surface area contributed by atoms with Gasteiger partial charge in [-0.3, -0.25) is 0 Å². The molecule has 13 rings (SSSR count). The topological polar surface area (TPSA) is 144 Å². The molecule has 4 aromatic heterocycles. The molecule has 5 heterocycles. The number of nitrogens with zero attached hydrogens (tertiary/aromatic N) is 8. The van der Waals surface area contributed by atoms with Crippen LogP contribution in [-0.4, -0.2) is 79.0 Å². The summed E-state index contributed by atoms with van der Waals surface area (Å²) in [5.74, 6) is 1.42. The fraction of sp³-hybridized carbons (Fsp3) is 0.159. The Bertz CT molecular complexity index is 3670. The summed E-state index contributed by atoms with van der Waals surface area (Å²) in [5.41, 5.74) is 12.1. The summed E-state index contributed by atoms with van der Waals surface area (Å²) in [7, 11) is 3.77. The lowest BCUT2D eigenvalue weighted by molar-refractivity contribution is 0.282. The summed E-state index contributed by atoms with van der Waals surface area (Å²) in [5, 5.41) is 35.9. The van der Waals surface area contributed by atoms with Crippen LogP contribution in [-0.2, 0) is 22.2 Å². The standard InChI is InChI=1S/C34H31N5O.C32H27N5.C2H4O.CH4/c1-35-31-24-30(29(22-23-40)25-14-6-2-7-15-25)32-33(36-31)39(38-37-32)34(26-16-8-3-9-17-26,27-18-10-4-11-19-27)28-20-12-5-13-21-28;1-33-29-23-25(22-24-14-6-2-7-15-24)30-31(34-29)37(36-35-30)32(26-16-8-3-9-17-26,27-18-10-4-11-19-27)28-20-12-5-13-21-28;1-2-3-1;/h2-21,24,29,40H,22-23H2,1H3,(H,35,36);2-21,23H,22H2,1H3,(H,33,34);1-2H2;1H4. The van der Waals surface area contributed by atoms with Crippen molar-refractivity contribution >= 4 is 34.0 Å². The van der Waals surface area contributed by atoms with Gasteiger partial charge in [-0.1, -0.05) is 261 Å². The van der Waals surface area contributed by atoms with E-state index in [2.05, 4.69) is 203 Å². The Morgan fingerprint density at radius 2 is 0.802 bits per heavy atom. The number of benzene rings is 8. The Morgan fingerprint density at radius 1 is 0.469 bits per heavy atom. The van der Waals surface area contributed by atoms with E-state index in [0.717, 1.165) is 86.7 Å². The molecule has 12 nitrogen and oxygen atoms in total. The summed E-state index contributed by atoms with van der Waals surface area (Å²) in [6.07, 6.45) is 1.29. The lowest BCUT2D eigenvalue weighted by Gasteiger charge is -2.36. The van der Waals surface area contributed by atoms with Crippen LogP contribution in [0.4, 0.5) is 11.6 Å². The Balaban J connectivity index is 0.000000171. The molecular formula is C69H66N10O2. The maximum absolute atomic E-state index is 10.1. The summed E-state index contributed by atoms with van der Waals surface area (Å²) in [6.45, 7) is 2.05. The Labute approximate surface area is 473 Å². The number of aliphatic hydroxyl groups is 1. The zero-order valence-corrected chi connectivity index (χ0v) is 44.8. The first-order valence-corrected chi connectivity index (χ1v) is 27.1. The highest BCUT2D eigenvalue weighted by molar-refractivity contribution is 5.80. The van der Waals surface area contributed by atoms with Gasteiger partial charge in [-0.05, 0) is 80.6 Å². The molecule has 12 aromatic rings. The largest absolute Gasteiger partial charge is 0.396 e. The molecule has 1 atom stereocenters. The van der Waals surface area contributed by atoms with Crippen molar-refractivity contribution in [3.05, 3.63) is 310 Å². The molecule has 1 saturated heterocycles. The van der Waals surface area contributed by atoms with Crippen molar-refractivity contribution in [2.75, 3.05) is 44.5 Å². The van der Waals surface area contributed by atoms with Crippen LogP contribution in [0.5, 0.6) is 0 Å². The highest BCUT2D eigenvalue weighted by Crippen LogP contribution is 2.45. The molecule has 1 aliphatic rings. The molecule has 0 spiro atoms. The SMILES string of the molecule is C.C1CO1.CNc1cc(C(CCO)c2ccccc2)c2nnn(C(c3ccccc3)(c3ccccc3)c3ccccc3)c2n1.CNc1cc(Cc2ccccc2)c2nnn(C(c3ccccc3)(c3ccccc3)c3ccccc3)c2n1. The van der Waals surface area contributed by atoms with Crippen LogP contribution in [0.25, 0.3) is 22.3 Å². The first-order chi connectivity index (χ1) is 39.6. The number of anilines is 2. The van der Waals surface area contributed by atoms with Gasteiger partial charge in [0.15, 0.2) is 11.3 Å². The van der Waals surface area contributed by atoms with E-state index in [9.17, 15) is 5.11 Å². The van der Waals surface area contributed by atoms with Crippen LogP contribution in [0.3, 0.4) is 0 Å². The van der Waals surface area contributed by atoms with Gasteiger partial charge in [-0.25, -0.2) is 19.3 Å². The van der Waals surface area contributed by atoms with E-state index >= 15 is 0 Å². The molecule has 0 aliphatic carbocycles. The van der Waals surface area contributed by atoms with Crippen LogP contribution >= 0.6 is 0 Å². The van der Waals surface area contributed by atoms with E-state index in [1.807, 2.05) is 90.2 Å². The van der Waals surface area contributed by atoms with Gasteiger partial charge in [-0.15, -0.1) is 10.2 Å². The number of hydrogen-bond acceptors (Lipinski definition) is 10. The Morgan fingerprint density at radius 3 is 1.16 bits per heavy atom. The van der Waals surface area contributed by atoms with Crippen LogP contribution < -0.4 is 10.6 Å². The summed E-state index contributed by atoms with van der Waals surface area (Å²) in [6, 6.07) is 87.5. The Hall–Kier alpha value is -9.62. The highest BCUT2D eigenvalue weighted by Gasteiger charge is 2.43. The van der Waals surface area contributed by atoms with Gasteiger partial charge in [0, 0.05) is 26.6 Å². The quantitative estimate of drug-likeness (QED) is 0.0632. The molecule has 8 aromatic carbocycles. The third kappa shape index (κ3) is 11.1. The number of hydrogen-bond donors (Lipinski definition) is 3. The third-order valence-corrected chi connectivity index (χ3v) is 14.7. The van der Waals surface area contributed by atoms with Crippen LogP contribution in [0.1, 0.15) is 75.4 Å². The lowest BCUT2D eigenvalue weighted by Crippen LogP contribution is -2.39. The Kier molecular flexibility index (Phi) is 17.2. The zero-order valence-electron chi connectivity index (χ0n) is 44.8. The molecule has 1 unspecified atom stereocenters. The second kappa shape index (κ2) is 25.4. The number of aromatic nitrogens is 8. The normalized spacial score (nSPS) is 12.2. The van der Waals surface area contributed by atoms with E-state index in [4.69, 9.17) is 30.6 Å². The predicted octanol–water partition coefficient (Wildman–Crippen LogP) is 13.2. The molecule has 1 aliphatic heterocycles. The third-order valence-electron chi connectivity index (χ3n) is 14.7. The number of nitrogens with one attached hydrogen (secondary N) is 2. The van der Waals surface area contributed by atoms with Gasteiger partial charge in [0.2, 0.25) is 0 Å². The van der Waals surface area contributed by atoms with Crippen molar-refractivity contribution in [1.82, 2.24) is 40.0 Å². The fourth-order valence-electron chi connectivity index (χ4n) is 10.9. The second-order valence-electron chi connectivity index (χ2n) is 19.5. The van der Waals surface area contributed by atoms with Crippen molar-refractivity contribution in [3.63, 3.8) is 0 Å². The van der Waals surface area contributed by atoms with Crippen molar-refractivity contribution in [3.8, 4) is 0 Å². The maximum Gasteiger partial charge on any atom is 0.182 e. The maximum atomic E-state index is 10.1. The zero-order chi connectivity index (χ0) is 54.6. The number of aliphatic hydroxyl groups excluding tert-OH is 1. The van der Waals surface area contributed by atoms with Gasteiger partial charge in [0.1, 0.15) is 33.7 Å². The van der Waals surface area contributed by atoms with E-state index in [1.54, 1.807) is 0 Å². The summed E-state index contributed by atoms with van der Waals surface area (Å²) in [4.78, 5) is 10.1. The van der Waals surface area contributed by atoms with Gasteiger partial charge in [0.05, 0.1) is 13.2 Å². The van der Waals surface area contributed by atoms with Crippen molar-refractivity contribution in [2.45, 2.75) is 37.3 Å². The minimum absolute atomic E-state index is 0. The van der Waals surface area contributed by atoms with Crippen molar-refractivity contribution in [2.24, 2.45) is 0 Å². The average molecular weight is 1070 g/mol. The molecule has 0 amide bonds. The molecule has 12 heteroatoms. The highest BCUT2D eigenvalue weighted by atomic mass is 16.6.